The van der Waals surface area contributed by atoms with Crippen molar-refractivity contribution in [2.24, 2.45) is 0 Å². The highest BCUT2D eigenvalue weighted by Crippen LogP contribution is 2.38. The third kappa shape index (κ3) is 4.70. The number of nitrogens with one attached hydrogen (secondary N) is 2. The zero-order chi connectivity index (χ0) is 24.4. The van der Waals surface area contributed by atoms with Crippen molar-refractivity contribution in [2.45, 2.75) is 25.2 Å². The molecule has 3 aromatic rings. The number of nitriles is 1. The van der Waals surface area contributed by atoms with E-state index in [0.717, 1.165) is 24.3 Å². The molecule has 35 heavy (non-hydrogen) atoms. The van der Waals surface area contributed by atoms with Crippen molar-refractivity contribution >= 4 is 34.0 Å². The fourth-order valence-corrected chi connectivity index (χ4v) is 4.91. The lowest BCUT2D eigenvalue weighted by Gasteiger charge is -2.33. The number of hydrogen-bond acceptors (Lipinski definition) is 7. The Morgan fingerprint density at radius 1 is 1.26 bits per heavy atom. The van der Waals surface area contributed by atoms with Crippen LogP contribution in [0.2, 0.25) is 0 Å². The molecule has 9 heteroatoms. The van der Waals surface area contributed by atoms with Gasteiger partial charge in [-0.1, -0.05) is 12.1 Å². The topological polar surface area (TPSA) is 107 Å². The summed E-state index contributed by atoms with van der Waals surface area (Å²) >= 11 is 1.34. The maximum atomic E-state index is 12.7. The van der Waals surface area contributed by atoms with Gasteiger partial charge in [0.25, 0.3) is 5.91 Å². The number of fused-ring (bicyclic) bond motifs is 1. The summed E-state index contributed by atoms with van der Waals surface area (Å²) in [5.74, 6) is -0.141. The van der Waals surface area contributed by atoms with Crippen LogP contribution in [0.25, 0.3) is 11.3 Å². The summed E-state index contributed by atoms with van der Waals surface area (Å²) in [7, 11) is 0. The molecule has 2 aromatic carbocycles. The van der Waals surface area contributed by atoms with E-state index in [9.17, 15) is 14.9 Å². The second-order valence-electron chi connectivity index (χ2n) is 8.91. The predicted octanol–water partition coefficient (Wildman–Crippen LogP) is 3.95. The quantitative estimate of drug-likeness (QED) is 0.545. The van der Waals surface area contributed by atoms with Crippen molar-refractivity contribution < 1.29 is 14.3 Å². The van der Waals surface area contributed by atoms with Crippen LogP contribution < -0.4 is 20.3 Å². The minimum atomic E-state index is -0.710. The van der Waals surface area contributed by atoms with E-state index in [0.29, 0.717) is 35.0 Å². The average Bonchev–Trinajstić information content (AvgIpc) is 3.30. The van der Waals surface area contributed by atoms with Crippen LogP contribution >= 0.6 is 11.3 Å². The standard InChI is InChI=1S/C26H25N5O3S/c1-26(16-27)8-11-34-22-7-6-18(13-20(22)26)24(33)28-14-23(32)30-25-29-21(15-35-25)17-4-2-5-19(12-17)31-9-3-10-31/h2,4-7,12-13,15H,3,8-11,14H2,1H3,(H,28,33)(H,29,30,32)/t26-/m0/s1. The number of ether oxygens (including phenoxy) is 1. The van der Waals surface area contributed by atoms with Crippen LogP contribution in [0.1, 0.15) is 35.7 Å². The Morgan fingerprint density at radius 2 is 2.11 bits per heavy atom. The first kappa shape index (κ1) is 22.9. The van der Waals surface area contributed by atoms with Crippen molar-refractivity contribution in [1.29, 1.82) is 5.26 Å². The summed E-state index contributed by atoms with van der Waals surface area (Å²) < 4.78 is 5.63. The number of thiazole rings is 1. The summed E-state index contributed by atoms with van der Waals surface area (Å²) in [5.41, 5.74) is 3.34. The fourth-order valence-electron chi connectivity index (χ4n) is 4.17. The molecule has 0 spiro atoms. The maximum absolute atomic E-state index is 12.7. The van der Waals surface area contributed by atoms with Crippen LogP contribution in [0, 0.1) is 11.3 Å². The number of rotatable bonds is 6. The Kier molecular flexibility index (Phi) is 6.14. The highest BCUT2D eigenvalue weighted by Gasteiger charge is 2.34. The van der Waals surface area contributed by atoms with Gasteiger partial charge >= 0.3 is 0 Å². The molecule has 3 heterocycles. The third-order valence-corrected chi connectivity index (χ3v) is 7.22. The lowest BCUT2D eigenvalue weighted by Crippen LogP contribution is -2.36. The molecular formula is C26H25N5O3S. The molecule has 2 amide bonds. The van der Waals surface area contributed by atoms with Crippen LogP contribution in [0.5, 0.6) is 5.75 Å². The van der Waals surface area contributed by atoms with Gasteiger partial charge in [-0.25, -0.2) is 4.98 Å². The molecule has 2 aliphatic heterocycles. The Bertz CT molecular complexity index is 1330. The van der Waals surface area contributed by atoms with Crippen LogP contribution in [0.4, 0.5) is 10.8 Å². The maximum Gasteiger partial charge on any atom is 0.251 e. The molecule has 1 aromatic heterocycles. The molecule has 178 valence electrons. The van der Waals surface area contributed by atoms with E-state index in [1.165, 1.54) is 23.4 Å². The molecule has 0 saturated carbocycles. The monoisotopic (exact) mass is 487 g/mol. The zero-order valence-corrected chi connectivity index (χ0v) is 20.2. The Hall–Kier alpha value is -3.90. The van der Waals surface area contributed by atoms with Crippen LogP contribution in [0.15, 0.2) is 47.8 Å². The lowest BCUT2D eigenvalue weighted by molar-refractivity contribution is -0.115. The van der Waals surface area contributed by atoms with E-state index in [2.05, 4.69) is 38.7 Å². The highest BCUT2D eigenvalue weighted by atomic mass is 32.1. The van der Waals surface area contributed by atoms with E-state index in [1.54, 1.807) is 18.2 Å². The van der Waals surface area contributed by atoms with Gasteiger partial charge in [0.2, 0.25) is 5.91 Å². The number of nitrogens with zero attached hydrogens (tertiary/aromatic N) is 3. The van der Waals surface area contributed by atoms with Crippen molar-refractivity contribution in [3.8, 4) is 23.1 Å². The molecule has 0 unspecified atom stereocenters. The van der Waals surface area contributed by atoms with Gasteiger partial charge in [0.1, 0.15) is 5.75 Å². The second kappa shape index (κ2) is 9.39. The molecule has 0 bridgehead atoms. The molecule has 8 nitrogen and oxygen atoms in total. The predicted molar refractivity (Wildman–Crippen MR) is 135 cm³/mol. The number of aromatic nitrogens is 1. The normalized spacial score (nSPS) is 18.5. The van der Waals surface area contributed by atoms with E-state index in [-0.39, 0.29) is 12.5 Å². The van der Waals surface area contributed by atoms with Gasteiger partial charge in [-0.2, -0.15) is 5.26 Å². The summed E-state index contributed by atoms with van der Waals surface area (Å²) in [5, 5.41) is 17.4. The summed E-state index contributed by atoms with van der Waals surface area (Å²) in [6, 6.07) is 15.6. The van der Waals surface area contributed by atoms with Gasteiger partial charge in [-0.05, 0) is 43.7 Å². The van der Waals surface area contributed by atoms with Crippen molar-refractivity contribution in [3.63, 3.8) is 0 Å². The van der Waals surface area contributed by atoms with Gasteiger partial charge in [-0.15, -0.1) is 11.3 Å². The highest BCUT2D eigenvalue weighted by molar-refractivity contribution is 7.14. The Morgan fingerprint density at radius 3 is 2.89 bits per heavy atom. The number of carbonyl (C=O) groups is 2. The Labute approximate surface area is 207 Å². The average molecular weight is 488 g/mol. The van der Waals surface area contributed by atoms with E-state index >= 15 is 0 Å². The minimum Gasteiger partial charge on any atom is -0.493 e. The smallest absolute Gasteiger partial charge is 0.251 e. The first-order valence-electron chi connectivity index (χ1n) is 11.5. The number of carbonyl (C=O) groups excluding carboxylic acids is 2. The second-order valence-corrected chi connectivity index (χ2v) is 9.77. The van der Waals surface area contributed by atoms with Crippen LogP contribution in [0.3, 0.4) is 0 Å². The summed E-state index contributed by atoms with van der Waals surface area (Å²) in [6.45, 7) is 4.26. The largest absolute Gasteiger partial charge is 0.493 e. The number of anilines is 2. The van der Waals surface area contributed by atoms with E-state index in [4.69, 9.17) is 4.74 Å². The van der Waals surface area contributed by atoms with Crippen molar-refractivity contribution in [3.05, 3.63) is 59.0 Å². The van der Waals surface area contributed by atoms with Crippen molar-refractivity contribution in [1.82, 2.24) is 10.3 Å². The Balaban J connectivity index is 1.19. The molecule has 1 fully saturated rings. The molecule has 2 N–H and O–H groups in total. The number of hydrogen-bond donors (Lipinski definition) is 2. The third-order valence-electron chi connectivity index (χ3n) is 6.47. The molecule has 2 aliphatic rings. The van der Waals surface area contributed by atoms with E-state index < -0.39 is 11.3 Å². The van der Waals surface area contributed by atoms with Gasteiger partial charge in [0.15, 0.2) is 5.13 Å². The van der Waals surface area contributed by atoms with Crippen LogP contribution in [-0.4, -0.2) is 43.0 Å². The summed E-state index contributed by atoms with van der Waals surface area (Å²) in [4.78, 5) is 31.9. The van der Waals surface area contributed by atoms with Gasteiger partial charge in [0.05, 0.1) is 30.3 Å². The number of benzene rings is 2. The van der Waals surface area contributed by atoms with Gasteiger partial charge in [0, 0.05) is 47.3 Å². The molecule has 5 rings (SSSR count). The molecule has 0 radical (unpaired) electrons. The summed E-state index contributed by atoms with van der Waals surface area (Å²) in [6.07, 6.45) is 1.77. The zero-order valence-electron chi connectivity index (χ0n) is 19.3. The lowest BCUT2D eigenvalue weighted by atomic mass is 9.78. The van der Waals surface area contributed by atoms with Gasteiger partial charge < -0.3 is 20.3 Å². The van der Waals surface area contributed by atoms with E-state index in [1.807, 2.05) is 24.4 Å². The SMILES string of the molecule is C[C@@]1(C#N)CCOc2ccc(C(=O)NCC(=O)Nc3nc(-c4cccc(N5CCC5)c4)cs3)cc21. The number of amides is 2. The van der Waals surface area contributed by atoms with Crippen LogP contribution in [-0.2, 0) is 10.2 Å². The molecule has 0 aliphatic carbocycles. The molecule has 1 saturated heterocycles. The fraction of sp³-hybridized carbons (Fsp3) is 0.308. The molecule has 1 atom stereocenters. The molecular weight excluding hydrogens is 462 g/mol. The van der Waals surface area contributed by atoms with Gasteiger partial charge in [-0.3, -0.25) is 9.59 Å². The first-order valence-corrected chi connectivity index (χ1v) is 12.4. The minimum absolute atomic E-state index is 0.193. The van der Waals surface area contributed by atoms with Crippen molar-refractivity contribution in [2.75, 3.05) is 36.5 Å². The first-order chi connectivity index (χ1) is 16.9.